The van der Waals surface area contributed by atoms with E-state index in [1.165, 1.54) is 12.0 Å². The van der Waals surface area contributed by atoms with Crippen molar-refractivity contribution in [1.82, 2.24) is 9.88 Å². The molecule has 2 saturated heterocycles. The van der Waals surface area contributed by atoms with Gasteiger partial charge in [0.2, 0.25) is 0 Å². The van der Waals surface area contributed by atoms with Crippen LogP contribution >= 0.6 is 11.3 Å². The van der Waals surface area contributed by atoms with E-state index in [-0.39, 0.29) is 6.10 Å². The molecule has 20 heavy (non-hydrogen) atoms. The fraction of sp³-hybridized carbons (Fsp3) is 0.533. The van der Waals surface area contributed by atoms with E-state index in [1.54, 1.807) is 17.6 Å². The molecular formula is C15H18N2O2S. The van der Waals surface area contributed by atoms with Gasteiger partial charge >= 0.3 is 0 Å². The average molecular weight is 290 g/mol. The number of furan rings is 1. The zero-order chi connectivity index (χ0) is 13.4. The molecule has 106 valence electrons. The van der Waals surface area contributed by atoms with Gasteiger partial charge in [-0.1, -0.05) is 0 Å². The van der Waals surface area contributed by atoms with Gasteiger partial charge in [-0.25, -0.2) is 4.98 Å². The quantitative estimate of drug-likeness (QED) is 0.870. The first kappa shape index (κ1) is 12.6. The Morgan fingerprint density at radius 1 is 1.45 bits per heavy atom. The number of likely N-dealkylation sites (tertiary alicyclic amines) is 1. The zero-order valence-corrected chi connectivity index (χ0v) is 12.1. The highest BCUT2D eigenvalue weighted by Gasteiger charge is 2.40. The molecule has 0 bridgehead atoms. The number of fused-ring (bicyclic) bond motifs is 1. The van der Waals surface area contributed by atoms with E-state index in [0.29, 0.717) is 12.0 Å². The van der Waals surface area contributed by atoms with Crippen molar-refractivity contribution in [3.8, 4) is 0 Å². The molecule has 2 aromatic rings. The van der Waals surface area contributed by atoms with Crippen LogP contribution in [0.2, 0.25) is 0 Å². The monoisotopic (exact) mass is 290 g/mol. The van der Waals surface area contributed by atoms with E-state index >= 15 is 0 Å². The topological polar surface area (TPSA) is 38.5 Å². The summed E-state index contributed by atoms with van der Waals surface area (Å²) in [5, 5.41) is 3.17. The second-order valence-electron chi connectivity index (χ2n) is 5.68. The van der Waals surface area contributed by atoms with Crippen LogP contribution in [0.25, 0.3) is 0 Å². The average Bonchev–Trinajstić information content (AvgIpc) is 3.19. The summed E-state index contributed by atoms with van der Waals surface area (Å²) in [5.41, 5.74) is 1.25. The van der Waals surface area contributed by atoms with E-state index in [2.05, 4.69) is 9.88 Å². The molecule has 5 heteroatoms. The minimum Gasteiger partial charge on any atom is -0.472 e. The van der Waals surface area contributed by atoms with E-state index in [0.717, 1.165) is 31.1 Å². The number of ether oxygens (including phenoxy) is 1. The second kappa shape index (κ2) is 5.31. The summed E-state index contributed by atoms with van der Waals surface area (Å²) in [6.07, 6.45) is 8.40. The van der Waals surface area contributed by atoms with Gasteiger partial charge in [0.15, 0.2) is 0 Å². The predicted octanol–water partition coefficient (Wildman–Crippen LogP) is 3.09. The number of rotatable bonds is 3. The molecule has 0 N–H and O–H groups in total. The van der Waals surface area contributed by atoms with Crippen molar-refractivity contribution in [2.24, 2.45) is 5.92 Å². The Bertz CT molecular complexity index is 540. The van der Waals surface area contributed by atoms with Crippen LogP contribution in [0.5, 0.6) is 0 Å². The first-order valence-electron chi connectivity index (χ1n) is 7.17. The molecule has 3 atom stereocenters. The van der Waals surface area contributed by atoms with Crippen LogP contribution in [0.1, 0.15) is 29.5 Å². The Hall–Kier alpha value is -1.17. The van der Waals surface area contributed by atoms with E-state index in [4.69, 9.17) is 9.15 Å². The maximum absolute atomic E-state index is 6.24. The Labute approximate surface area is 122 Å². The van der Waals surface area contributed by atoms with Gasteiger partial charge < -0.3 is 9.15 Å². The van der Waals surface area contributed by atoms with Crippen molar-refractivity contribution < 1.29 is 9.15 Å². The molecule has 4 nitrogen and oxygen atoms in total. The molecule has 2 fully saturated rings. The molecule has 4 rings (SSSR count). The lowest BCUT2D eigenvalue weighted by atomic mass is 9.92. The fourth-order valence-corrected chi connectivity index (χ4v) is 4.02. The van der Waals surface area contributed by atoms with Gasteiger partial charge in [-0.3, -0.25) is 4.90 Å². The molecule has 0 aliphatic carbocycles. The molecule has 0 radical (unpaired) electrons. The van der Waals surface area contributed by atoms with Gasteiger partial charge in [0.1, 0.15) is 11.1 Å². The van der Waals surface area contributed by atoms with Crippen molar-refractivity contribution >= 4 is 11.3 Å². The lowest BCUT2D eigenvalue weighted by Crippen LogP contribution is -2.41. The van der Waals surface area contributed by atoms with Crippen molar-refractivity contribution in [3.63, 3.8) is 0 Å². The summed E-state index contributed by atoms with van der Waals surface area (Å²) in [5.74, 6) is 0.699. The number of hydrogen-bond donors (Lipinski definition) is 0. The highest BCUT2D eigenvalue weighted by molar-refractivity contribution is 7.09. The second-order valence-corrected chi connectivity index (χ2v) is 6.61. The lowest BCUT2D eigenvalue weighted by molar-refractivity contribution is -0.00943. The smallest absolute Gasteiger partial charge is 0.121 e. The normalized spacial score (nSPS) is 30.5. The van der Waals surface area contributed by atoms with E-state index in [1.807, 2.05) is 23.9 Å². The molecule has 0 spiro atoms. The summed E-state index contributed by atoms with van der Waals surface area (Å²) < 4.78 is 11.4. The Balaban J connectivity index is 1.40. The Morgan fingerprint density at radius 2 is 2.45 bits per heavy atom. The number of thiazole rings is 1. The molecule has 2 aliphatic heterocycles. The minimum absolute atomic E-state index is 0.221. The van der Waals surface area contributed by atoms with Crippen molar-refractivity contribution in [2.45, 2.75) is 31.6 Å². The van der Waals surface area contributed by atoms with Crippen molar-refractivity contribution in [2.75, 3.05) is 13.1 Å². The van der Waals surface area contributed by atoms with Crippen molar-refractivity contribution in [3.05, 3.63) is 40.7 Å². The number of hydrogen-bond acceptors (Lipinski definition) is 5. The van der Waals surface area contributed by atoms with Crippen LogP contribution in [0.3, 0.4) is 0 Å². The summed E-state index contributed by atoms with van der Waals surface area (Å²) in [6, 6.07) is 2.04. The van der Waals surface area contributed by atoms with Gasteiger partial charge in [0, 0.05) is 30.2 Å². The SMILES string of the molecule is c1csc([C@@H]2C[C@@H]3CCN(Cc4ccoc4)C[C@H]3O2)n1. The fourth-order valence-electron chi connectivity index (χ4n) is 3.33. The molecular weight excluding hydrogens is 272 g/mol. The Morgan fingerprint density at radius 3 is 3.25 bits per heavy atom. The van der Waals surface area contributed by atoms with Crippen LogP contribution in [0.15, 0.2) is 34.6 Å². The summed E-state index contributed by atoms with van der Waals surface area (Å²) in [4.78, 5) is 6.87. The number of nitrogens with zero attached hydrogens (tertiary/aromatic N) is 2. The molecule has 2 aliphatic rings. The third-order valence-corrected chi connectivity index (χ3v) is 5.22. The van der Waals surface area contributed by atoms with Crippen LogP contribution in [-0.2, 0) is 11.3 Å². The third-order valence-electron chi connectivity index (χ3n) is 4.35. The van der Waals surface area contributed by atoms with E-state index < -0.39 is 0 Å². The lowest BCUT2D eigenvalue weighted by Gasteiger charge is -2.33. The largest absolute Gasteiger partial charge is 0.472 e. The molecule has 0 amide bonds. The van der Waals surface area contributed by atoms with Gasteiger partial charge in [0.25, 0.3) is 0 Å². The van der Waals surface area contributed by atoms with Gasteiger partial charge in [0.05, 0.1) is 18.6 Å². The van der Waals surface area contributed by atoms with Crippen LogP contribution in [0, 0.1) is 5.92 Å². The molecule has 4 heterocycles. The van der Waals surface area contributed by atoms with Crippen LogP contribution < -0.4 is 0 Å². The van der Waals surface area contributed by atoms with Crippen LogP contribution in [0.4, 0.5) is 0 Å². The van der Waals surface area contributed by atoms with Crippen molar-refractivity contribution in [1.29, 1.82) is 0 Å². The van der Waals surface area contributed by atoms with Gasteiger partial charge in [-0.15, -0.1) is 11.3 Å². The highest BCUT2D eigenvalue weighted by Crippen LogP contribution is 2.41. The van der Waals surface area contributed by atoms with Gasteiger partial charge in [-0.2, -0.15) is 0 Å². The molecule has 0 unspecified atom stereocenters. The Kier molecular flexibility index (Phi) is 3.34. The molecule has 2 aromatic heterocycles. The maximum atomic E-state index is 6.24. The number of piperidine rings is 1. The number of aromatic nitrogens is 1. The van der Waals surface area contributed by atoms with E-state index in [9.17, 15) is 0 Å². The summed E-state index contributed by atoms with van der Waals surface area (Å²) in [7, 11) is 0. The standard InChI is InChI=1S/C15H18N2O2S/c1-4-17(8-11-2-5-18-10-11)9-14-12(1)7-13(19-14)15-16-3-6-20-15/h2-3,5-6,10,12-14H,1,4,7-9H2/t12-,13-,14+/m0/s1. The van der Waals surface area contributed by atoms with Crippen LogP contribution in [-0.4, -0.2) is 29.1 Å². The third kappa shape index (κ3) is 2.41. The summed E-state index contributed by atoms with van der Waals surface area (Å²) in [6.45, 7) is 3.14. The zero-order valence-electron chi connectivity index (χ0n) is 11.3. The first-order valence-corrected chi connectivity index (χ1v) is 8.05. The first-order chi connectivity index (χ1) is 9.88. The molecule has 0 saturated carbocycles. The molecule has 0 aromatic carbocycles. The summed E-state index contributed by atoms with van der Waals surface area (Å²) >= 11 is 1.71. The highest BCUT2D eigenvalue weighted by atomic mass is 32.1. The minimum atomic E-state index is 0.221. The van der Waals surface area contributed by atoms with Gasteiger partial charge in [-0.05, 0) is 31.4 Å². The predicted molar refractivity (Wildman–Crippen MR) is 76.4 cm³/mol. The maximum Gasteiger partial charge on any atom is 0.121 e.